The van der Waals surface area contributed by atoms with E-state index >= 15 is 0 Å². The molecule has 1 aliphatic carbocycles. The molecule has 3 unspecified atom stereocenters. The molecule has 0 saturated heterocycles. The van der Waals surface area contributed by atoms with Gasteiger partial charge in [-0.15, -0.1) is 0 Å². The zero-order valence-electron chi connectivity index (χ0n) is 11.0. The Morgan fingerprint density at radius 2 is 2.35 bits per heavy atom. The predicted octanol–water partition coefficient (Wildman–Crippen LogP) is 3.56. The molecule has 0 amide bonds. The van der Waals surface area contributed by atoms with Crippen LogP contribution in [0.2, 0.25) is 0 Å². The zero-order chi connectivity index (χ0) is 12.1. The number of pyridine rings is 1. The fraction of sp³-hybridized carbons (Fsp3) is 0.667. The third-order valence-electron chi connectivity index (χ3n) is 3.86. The molecule has 17 heavy (non-hydrogen) atoms. The molecule has 3 atom stereocenters. The highest BCUT2D eigenvalue weighted by Gasteiger charge is 2.29. The van der Waals surface area contributed by atoms with Gasteiger partial charge in [0.2, 0.25) is 0 Å². The van der Waals surface area contributed by atoms with Crippen molar-refractivity contribution in [1.82, 2.24) is 10.3 Å². The summed E-state index contributed by atoms with van der Waals surface area (Å²) in [5, 5.41) is 3.71. The van der Waals surface area contributed by atoms with Gasteiger partial charge >= 0.3 is 0 Å². The third-order valence-corrected chi connectivity index (χ3v) is 3.86. The fourth-order valence-electron chi connectivity index (χ4n) is 2.97. The van der Waals surface area contributed by atoms with E-state index in [2.05, 4.69) is 30.2 Å². The SMILES string of the molecule is CCCNC(c1cccnc1)C1CCC(C)C1. The lowest BCUT2D eigenvalue weighted by molar-refractivity contribution is 0.358. The van der Waals surface area contributed by atoms with Crippen molar-refractivity contribution in [2.24, 2.45) is 11.8 Å². The maximum Gasteiger partial charge on any atom is 0.0364 e. The van der Waals surface area contributed by atoms with Crippen molar-refractivity contribution in [2.75, 3.05) is 6.54 Å². The van der Waals surface area contributed by atoms with Gasteiger partial charge in [0.15, 0.2) is 0 Å². The minimum absolute atomic E-state index is 0.508. The van der Waals surface area contributed by atoms with Crippen molar-refractivity contribution in [1.29, 1.82) is 0 Å². The molecule has 0 aliphatic heterocycles. The highest BCUT2D eigenvalue weighted by molar-refractivity contribution is 5.15. The summed E-state index contributed by atoms with van der Waals surface area (Å²) in [6.45, 7) is 5.70. The van der Waals surface area contributed by atoms with E-state index in [1.807, 2.05) is 18.5 Å². The summed E-state index contributed by atoms with van der Waals surface area (Å²) in [5.74, 6) is 1.68. The van der Waals surface area contributed by atoms with Crippen molar-refractivity contribution in [3.8, 4) is 0 Å². The van der Waals surface area contributed by atoms with Gasteiger partial charge in [-0.25, -0.2) is 0 Å². The molecule has 0 radical (unpaired) electrons. The molecule has 1 fully saturated rings. The Morgan fingerprint density at radius 1 is 1.47 bits per heavy atom. The average Bonchev–Trinajstić information content (AvgIpc) is 2.78. The molecule has 94 valence electrons. The van der Waals surface area contributed by atoms with Crippen LogP contribution in [0.3, 0.4) is 0 Å². The first-order chi connectivity index (χ1) is 8.31. The Hall–Kier alpha value is -0.890. The molecule has 2 heteroatoms. The summed E-state index contributed by atoms with van der Waals surface area (Å²) in [4.78, 5) is 4.26. The van der Waals surface area contributed by atoms with Crippen molar-refractivity contribution >= 4 is 0 Å². The Balaban J connectivity index is 2.08. The molecular formula is C15H24N2. The van der Waals surface area contributed by atoms with E-state index in [0.29, 0.717) is 6.04 Å². The van der Waals surface area contributed by atoms with Gasteiger partial charge in [-0.1, -0.05) is 26.3 Å². The van der Waals surface area contributed by atoms with Crippen molar-refractivity contribution in [3.63, 3.8) is 0 Å². The fourth-order valence-corrected chi connectivity index (χ4v) is 2.97. The lowest BCUT2D eigenvalue weighted by Gasteiger charge is -2.25. The van der Waals surface area contributed by atoms with E-state index in [1.165, 1.54) is 31.2 Å². The Bertz CT molecular complexity index is 323. The van der Waals surface area contributed by atoms with Crippen LogP contribution < -0.4 is 5.32 Å². The number of nitrogens with one attached hydrogen (secondary N) is 1. The van der Waals surface area contributed by atoms with Gasteiger partial charge in [-0.05, 0) is 49.3 Å². The molecule has 0 bridgehead atoms. The smallest absolute Gasteiger partial charge is 0.0364 e. The molecule has 1 aliphatic rings. The third kappa shape index (κ3) is 3.29. The van der Waals surface area contributed by atoms with Gasteiger partial charge in [0, 0.05) is 18.4 Å². The van der Waals surface area contributed by atoms with Crippen LogP contribution in [-0.2, 0) is 0 Å². The Morgan fingerprint density at radius 3 is 2.94 bits per heavy atom. The highest BCUT2D eigenvalue weighted by Crippen LogP contribution is 2.38. The van der Waals surface area contributed by atoms with E-state index in [4.69, 9.17) is 0 Å². The van der Waals surface area contributed by atoms with Crippen LogP contribution in [0.15, 0.2) is 24.5 Å². The zero-order valence-corrected chi connectivity index (χ0v) is 11.0. The summed E-state index contributed by atoms with van der Waals surface area (Å²) in [7, 11) is 0. The van der Waals surface area contributed by atoms with Crippen LogP contribution in [0, 0.1) is 11.8 Å². The average molecular weight is 232 g/mol. The molecule has 0 aromatic carbocycles. The van der Waals surface area contributed by atoms with Crippen LogP contribution >= 0.6 is 0 Å². The largest absolute Gasteiger partial charge is 0.310 e. The second-order valence-corrected chi connectivity index (χ2v) is 5.40. The lowest BCUT2D eigenvalue weighted by atomic mass is 9.91. The summed E-state index contributed by atoms with van der Waals surface area (Å²) < 4.78 is 0. The van der Waals surface area contributed by atoms with Gasteiger partial charge < -0.3 is 5.32 Å². The normalized spacial score (nSPS) is 26.0. The number of hydrogen-bond donors (Lipinski definition) is 1. The molecule has 2 nitrogen and oxygen atoms in total. The van der Waals surface area contributed by atoms with Crippen molar-refractivity contribution < 1.29 is 0 Å². The summed E-state index contributed by atoms with van der Waals surface area (Å²) >= 11 is 0. The standard InChI is InChI=1S/C15H24N2/c1-3-8-17-15(13-7-6-12(2)10-13)14-5-4-9-16-11-14/h4-5,9,11-13,15,17H,3,6-8,10H2,1-2H3. The maximum absolute atomic E-state index is 4.26. The summed E-state index contributed by atoms with van der Waals surface area (Å²) in [6.07, 6.45) is 9.18. The number of nitrogens with zero attached hydrogens (tertiary/aromatic N) is 1. The predicted molar refractivity (Wildman–Crippen MR) is 71.8 cm³/mol. The molecule has 1 aromatic rings. The first kappa shape index (κ1) is 12.6. The van der Waals surface area contributed by atoms with E-state index < -0.39 is 0 Å². The molecule has 1 saturated carbocycles. The second kappa shape index (κ2) is 6.15. The van der Waals surface area contributed by atoms with E-state index in [1.54, 1.807) is 0 Å². The quantitative estimate of drug-likeness (QED) is 0.839. The molecule has 1 aromatic heterocycles. The monoisotopic (exact) mass is 232 g/mol. The number of hydrogen-bond acceptors (Lipinski definition) is 2. The van der Waals surface area contributed by atoms with Crippen LogP contribution in [-0.4, -0.2) is 11.5 Å². The van der Waals surface area contributed by atoms with Gasteiger partial charge in [0.05, 0.1) is 0 Å². The van der Waals surface area contributed by atoms with Crippen LogP contribution in [0.4, 0.5) is 0 Å². The topological polar surface area (TPSA) is 24.9 Å². The summed E-state index contributed by atoms with van der Waals surface area (Å²) in [6, 6.07) is 4.77. The number of aromatic nitrogens is 1. The van der Waals surface area contributed by atoms with Crippen LogP contribution in [0.1, 0.15) is 51.1 Å². The highest BCUT2D eigenvalue weighted by atomic mass is 14.9. The van der Waals surface area contributed by atoms with Gasteiger partial charge in [0.25, 0.3) is 0 Å². The van der Waals surface area contributed by atoms with Gasteiger partial charge in [0.1, 0.15) is 0 Å². The Kier molecular flexibility index (Phi) is 4.55. The Labute approximate surface area is 105 Å². The van der Waals surface area contributed by atoms with Crippen LogP contribution in [0.5, 0.6) is 0 Å². The molecule has 1 heterocycles. The lowest BCUT2D eigenvalue weighted by Crippen LogP contribution is -2.28. The first-order valence-corrected chi connectivity index (χ1v) is 6.94. The van der Waals surface area contributed by atoms with Crippen LogP contribution in [0.25, 0.3) is 0 Å². The molecule has 0 spiro atoms. The second-order valence-electron chi connectivity index (χ2n) is 5.40. The summed E-state index contributed by atoms with van der Waals surface area (Å²) in [5.41, 5.74) is 1.36. The first-order valence-electron chi connectivity index (χ1n) is 6.94. The molecule has 2 rings (SSSR count). The van der Waals surface area contributed by atoms with E-state index in [9.17, 15) is 0 Å². The van der Waals surface area contributed by atoms with E-state index in [-0.39, 0.29) is 0 Å². The molecular weight excluding hydrogens is 208 g/mol. The number of rotatable bonds is 5. The minimum atomic E-state index is 0.508. The molecule has 1 N–H and O–H groups in total. The van der Waals surface area contributed by atoms with Gasteiger partial charge in [-0.2, -0.15) is 0 Å². The minimum Gasteiger partial charge on any atom is -0.310 e. The van der Waals surface area contributed by atoms with E-state index in [0.717, 1.165) is 18.4 Å². The van der Waals surface area contributed by atoms with Crippen molar-refractivity contribution in [2.45, 2.75) is 45.6 Å². The van der Waals surface area contributed by atoms with Crippen molar-refractivity contribution in [3.05, 3.63) is 30.1 Å². The van der Waals surface area contributed by atoms with Gasteiger partial charge in [-0.3, -0.25) is 4.98 Å². The maximum atomic E-state index is 4.26.